The second-order valence-corrected chi connectivity index (χ2v) is 8.38. The molecule has 0 unspecified atom stereocenters. The van der Waals surface area contributed by atoms with Gasteiger partial charge in [-0.05, 0) is 36.3 Å². The highest BCUT2D eigenvalue weighted by molar-refractivity contribution is 6.15. The highest BCUT2D eigenvalue weighted by Crippen LogP contribution is 2.37. The number of nitrogens with two attached hydrogens (primary N) is 1. The van der Waals surface area contributed by atoms with Crippen LogP contribution in [0.1, 0.15) is 82.8 Å². The van der Waals surface area contributed by atoms with E-state index in [2.05, 4.69) is 50.0 Å². The molecule has 0 atom stereocenters. The molecule has 0 bridgehead atoms. The smallest absolute Gasteiger partial charge is 0.103 e. The van der Waals surface area contributed by atoms with E-state index in [-0.39, 0.29) is 5.41 Å². The predicted octanol–water partition coefficient (Wildman–Crippen LogP) is 5.60. The monoisotopic (exact) mass is 351 g/mol. The van der Waals surface area contributed by atoms with Gasteiger partial charge < -0.3 is 5.73 Å². The largest absolute Gasteiger partial charge is 0.400 e. The Morgan fingerprint density at radius 3 is 2.38 bits per heavy atom. The quantitative estimate of drug-likeness (QED) is 0.756. The Bertz CT molecular complexity index is 729. The molecule has 0 aromatic heterocycles. The van der Waals surface area contributed by atoms with Crippen LogP contribution in [-0.2, 0) is 0 Å². The van der Waals surface area contributed by atoms with Gasteiger partial charge in [0.1, 0.15) is 5.70 Å². The third kappa shape index (κ3) is 3.77. The minimum atomic E-state index is -0.0429. The second-order valence-electron chi connectivity index (χ2n) is 8.38. The van der Waals surface area contributed by atoms with Gasteiger partial charge in [0.25, 0.3) is 0 Å². The van der Waals surface area contributed by atoms with Crippen LogP contribution in [0.25, 0.3) is 0 Å². The highest BCUT2D eigenvalue weighted by Gasteiger charge is 2.34. The molecule has 140 valence electrons. The summed E-state index contributed by atoms with van der Waals surface area (Å²) in [6.45, 7) is 6.58. The molecule has 1 fully saturated rings. The summed E-state index contributed by atoms with van der Waals surface area (Å²) in [6.07, 6.45) is 8.49. The first-order chi connectivity index (χ1) is 12.5. The molecule has 1 aliphatic carbocycles. The number of rotatable bonds is 3. The van der Waals surface area contributed by atoms with Gasteiger partial charge in [0.05, 0.1) is 11.4 Å². The third-order valence-electron chi connectivity index (χ3n) is 5.96. The number of hydrogen-bond donors (Lipinski definition) is 1. The van der Waals surface area contributed by atoms with Crippen LogP contribution in [0.15, 0.2) is 45.6 Å². The summed E-state index contributed by atoms with van der Waals surface area (Å²) in [5, 5.41) is 0. The van der Waals surface area contributed by atoms with Crippen molar-refractivity contribution in [2.75, 3.05) is 7.05 Å². The summed E-state index contributed by atoms with van der Waals surface area (Å²) in [5.41, 5.74) is 12.8. The normalized spacial score (nSPS) is 24.5. The lowest BCUT2D eigenvalue weighted by atomic mass is 9.75. The number of hydrogen-bond acceptors (Lipinski definition) is 3. The molecule has 2 N–H and O–H groups in total. The first-order valence-corrected chi connectivity index (χ1v) is 10.1. The van der Waals surface area contributed by atoms with Gasteiger partial charge >= 0.3 is 0 Å². The molecule has 0 radical (unpaired) electrons. The molecule has 1 aliphatic heterocycles. The zero-order chi connectivity index (χ0) is 18.7. The maximum Gasteiger partial charge on any atom is 0.103 e. The Morgan fingerprint density at radius 2 is 1.81 bits per heavy atom. The van der Waals surface area contributed by atoms with Crippen LogP contribution in [0, 0.1) is 5.41 Å². The molecule has 3 nitrogen and oxygen atoms in total. The Kier molecular flexibility index (Phi) is 5.64. The Balaban J connectivity index is 1.96. The van der Waals surface area contributed by atoms with Crippen molar-refractivity contribution in [2.45, 2.75) is 71.6 Å². The van der Waals surface area contributed by atoms with Crippen LogP contribution >= 0.6 is 0 Å². The van der Waals surface area contributed by atoms with E-state index in [9.17, 15) is 0 Å². The SMILES string of the molecule is CC/C(N)=C1/N=C(c2ccc(C3CCCCC3)cc2)C(C)(C)C/C1=N/C. The fourth-order valence-corrected chi connectivity index (χ4v) is 4.33. The van der Waals surface area contributed by atoms with Crippen molar-refractivity contribution in [3.8, 4) is 0 Å². The molecule has 1 aromatic rings. The lowest BCUT2D eigenvalue weighted by molar-refractivity contribution is 0.443. The van der Waals surface area contributed by atoms with E-state index < -0.39 is 0 Å². The number of benzene rings is 1. The van der Waals surface area contributed by atoms with Crippen molar-refractivity contribution in [2.24, 2.45) is 21.1 Å². The van der Waals surface area contributed by atoms with Crippen molar-refractivity contribution < 1.29 is 0 Å². The number of aliphatic imine (C=N–C) groups is 2. The third-order valence-corrected chi connectivity index (χ3v) is 5.96. The van der Waals surface area contributed by atoms with Gasteiger partial charge in [0, 0.05) is 24.6 Å². The van der Waals surface area contributed by atoms with Crippen LogP contribution < -0.4 is 5.73 Å². The molecule has 0 amide bonds. The van der Waals surface area contributed by atoms with E-state index in [4.69, 9.17) is 10.7 Å². The molecule has 2 aliphatic rings. The summed E-state index contributed by atoms with van der Waals surface area (Å²) in [5.74, 6) is 0.740. The highest BCUT2D eigenvalue weighted by atomic mass is 14.9. The van der Waals surface area contributed by atoms with E-state index in [1.54, 1.807) is 0 Å². The molecular formula is C23H33N3. The Hall–Kier alpha value is -1.90. The summed E-state index contributed by atoms with van der Waals surface area (Å²) >= 11 is 0. The summed E-state index contributed by atoms with van der Waals surface area (Å²) < 4.78 is 0. The maximum atomic E-state index is 6.26. The molecule has 1 saturated carbocycles. The van der Waals surface area contributed by atoms with Crippen molar-refractivity contribution in [1.29, 1.82) is 0 Å². The van der Waals surface area contributed by atoms with Crippen LogP contribution in [-0.4, -0.2) is 18.5 Å². The van der Waals surface area contributed by atoms with E-state index >= 15 is 0 Å². The summed E-state index contributed by atoms with van der Waals surface area (Å²) in [6, 6.07) is 9.16. The molecule has 1 heterocycles. The second kappa shape index (κ2) is 7.77. The van der Waals surface area contributed by atoms with Gasteiger partial charge in [-0.1, -0.05) is 64.3 Å². The van der Waals surface area contributed by atoms with Crippen molar-refractivity contribution >= 4 is 11.4 Å². The fraction of sp³-hybridized carbons (Fsp3) is 0.565. The molecule has 3 rings (SSSR count). The predicted molar refractivity (Wildman–Crippen MR) is 112 cm³/mol. The molecule has 3 heteroatoms. The lowest BCUT2D eigenvalue weighted by Gasteiger charge is -2.33. The number of allylic oxidation sites excluding steroid dienone is 2. The Morgan fingerprint density at radius 1 is 1.15 bits per heavy atom. The summed E-state index contributed by atoms with van der Waals surface area (Å²) in [4.78, 5) is 9.48. The van der Waals surface area contributed by atoms with E-state index in [1.165, 1.54) is 43.2 Å². The van der Waals surface area contributed by atoms with Gasteiger partial charge in [-0.2, -0.15) is 0 Å². The first-order valence-electron chi connectivity index (χ1n) is 10.1. The lowest BCUT2D eigenvalue weighted by Crippen LogP contribution is -2.34. The zero-order valence-electron chi connectivity index (χ0n) is 16.8. The topological polar surface area (TPSA) is 50.7 Å². The number of nitrogens with zero attached hydrogens (tertiary/aromatic N) is 2. The average molecular weight is 352 g/mol. The van der Waals surface area contributed by atoms with Gasteiger partial charge in [-0.25, -0.2) is 4.99 Å². The van der Waals surface area contributed by atoms with Crippen LogP contribution in [0.3, 0.4) is 0 Å². The van der Waals surface area contributed by atoms with Gasteiger partial charge in [-0.15, -0.1) is 0 Å². The van der Waals surface area contributed by atoms with Crippen molar-refractivity contribution in [3.05, 3.63) is 46.8 Å². The molecule has 0 saturated heterocycles. The molecule has 1 aromatic carbocycles. The maximum absolute atomic E-state index is 6.26. The van der Waals surface area contributed by atoms with Gasteiger partial charge in [0.2, 0.25) is 0 Å². The minimum absolute atomic E-state index is 0.0429. The fourth-order valence-electron chi connectivity index (χ4n) is 4.33. The van der Waals surface area contributed by atoms with Gasteiger partial charge in [-0.3, -0.25) is 4.99 Å². The van der Waals surface area contributed by atoms with Crippen LogP contribution in [0.5, 0.6) is 0 Å². The van der Waals surface area contributed by atoms with Crippen molar-refractivity contribution in [1.82, 2.24) is 0 Å². The minimum Gasteiger partial charge on any atom is -0.400 e. The van der Waals surface area contributed by atoms with Gasteiger partial charge in [0.15, 0.2) is 0 Å². The Labute approximate surface area is 158 Å². The van der Waals surface area contributed by atoms with E-state index in [0.717, 1.165) is 41.6 Å². The van der Waals surface area contributed by atoms with E-state index in [0.29, 0.717) is 0 Å². The van der Waals surface area contributed by atoms with Crippen LogP contribution in [0.4, 0.5) is 0 Å². The molecule has 0 spiro atoms. The van der Waals surface area contributed by atoms with E-state index in [1.807, 2.05) is 7.05 Å². The zero-order valence-corrected chi connectivity index (χ0v) is 16.8. The van der Waals surface area contributed by atoms with Crippen molar-refractivity contribution in [3.63, 3.8) is 0 Å². The average Bonchev–Trinajstić information content (AvgIpc) is 2.67. The standard InChI is InChI=1S/C23H33N3/c1-5-19(24)21-20(25-4)15-23(2,3)22(26-21)18-13-11-17(12-14-18)16-9-7-6-8-10-16/h11-14,16H,5-10,15,24H2,1-4H3/b21-19-,25-20-. The summed E-state index contributed by atoms with van der Waals surface area (Å²) in [7, 11) is 1.84. The molecular weight excluding hydrogens is 318 g/mol. The first kappa shape index (κ1) is 18.9. The van der Waals surface area contributed by atoms with Crippen LogP contribution in [0.2, 0.25) is 0 Å². The molecule has 26 heavy (non-hydrogen) atoms.